The lowest BCUT2D eigenvalue weighted by molar-refractivity contribution is -0.461. The first-order chi connectivity index (χ1) is 53.7. The first-order valence-corrected chi connectivity index (χ1v) is 37.5. The van der Waals surface area contributed by atoms with Gasteiger partial charge in [-0.3, -0.25) is 43.2 Å². The average Bonchev–Trinajstić information content (AvgIpc) is 0.788. The van der Waals surface area contributed by atoms with E-state index in [0.717, 1.165) is 40.1 Å². The Kier molecular flexibility index (Phi) is 40.2. The Labute approximate surface area is 653 Å². The maximum absolute atomic E-state index is 13.3. The SMILES string of the molecule is CCC(=O)OCCOC(=O)CCC(=O)OCC1O[C@@H](O[C@H]2C(C(=O)O)OC(OO[C@H]3CC(NC(C)=O)[C@H](O[C@H]4C(C(=O)O)OC(C)C(O)C4O)O[C@H]3COC(=O)CCC(=O)OCCOC(=O)CCSCCCS)C(O)C2O)[C@@H](NC(C)=O)CC1OOC1OC(C(=O)O)[C@H](OC2OC(CO)[C@@H](OOC)C[C@@H]2NC(C)=O)C(O)C1O. The minimum Gasteiger partial charge on any atom is -0.479 e. The highest BCUT2D eigenvalue weighted by Gasteiger charge is 2.57. The van der Waals surface area contributed by atoms with Gasteiger partial charge in [0, 0.05) is 52.2 Å². The van der Waals surface area contributed by atoms with Crippen molar-refractivity contribution in [2.24, 2.45) is 0 Å². The van der Waals surface area contributed by atoms with Gasteiger partial charge >= 0.3 is 53.7 Å². The molecular weight excluding hydrogens is 1570 g/mol. The number of carboxylic acid groups (broad SMARTS) is 3. The van der Waals surface area contributed by atoms with Gasteiger partial charge in [0.05, 0.1) is 70.1 Å². The maximum Gasteiger partial charge on any atom is 0.335 e. The number of carbonyl (C=O) groups is 12. The van der Waals surface area contributed by atoms with Crippen molar-refractivity contribution in [1.29, 1.82) is 0 Å². The van der Waals surface area contributed by atoms with E-state index in [2.05, 4.69) is 28.6 Å². The molecule has 48 heteroatoms. The second kappa shape index (κ2) is 47.6. The molecule has 3 amide bonds. The van der Waals surface area contributed by atoms with Crippen LogP contribution in [0.5, 0.6) is 0 Å². The van der Waals surface area contributed by atoms with Crippen LogP contribution in [-0.4, -0.2) is 359 Å². The zero-order chi connectivity index (χ0) is 83.3. The molecule has 0 bridgehead atoms. The molecule has 0 radical (unpaired) electrons. The van der Waals surface area contributed by atoms with Gasteiger partial charge in [-0.25, -0.2) is 43.7 Å². The molecule has 6 fully saturated rings. The lowest BCUT2D eigenvalue weighted by atomic mass is 9.94. The number of thiol groups is 1. The Morgan fingerprint density at radius 2 is 0.770 bits per heavy atom. The van der Waals surface area contributed by atoms with Crippen LogP contribution in [0.25, 0.3) is 0 Å². The fraction of sp³-hybridized carbons (Fsp3) is 0.815. The van der Waals surface area contributed by atoms with Crippen LogP contribution in [-0.2, 0) is 158 Å². The number of amides is 3. The molecular formula is C65H99N3O43S2. The van der Waals surface area contributed by atoms with Gasteiger partial charge in [0.1, 0.15) is 131 Å². The molecule has 6 heterocycles. The molecule has 0 saturated carbocycles. The number of aliphatic hydroxyl groups excluding tert-OH is 7. The van der Waals surface area contributed by atoms with Crippen LogP contribution in [0.3, 0.4) is 0 Å². The van der Waals surface area contributed by atoms with Gasteiger partial charge in [-0.2, -0.15) is 24.4 Å². The third kappa shape index (κ3) is 29.5. The highest BCUT2D eigenvalue weighted by atomic mass is 32.2. The zero-order valence-corrected chi connectivity index (χ0v) is 63.7. The minimum atomic E-state index is -2.46. The van der Waals surface area contributed by atoms with Crippen LogP contribution in [0.1, 0.15) is 98.8 Å². The lowest BCUT2D eigenvalue weighted by Crippen LogP contribution is -2.65. The van der Waals surface area contributed by atoms with Crippen LogP contribution in [0.2, 0.25) is 0 Å². The van der Waals surface area contributed by atoms with Crippen molar-refractivity contribution in [3.63, 3.8) is 0 Å². The van der Waals surface area contributed by atoms with Crippen LogP contribution in [0, 0.1) is 0 Å². The summed E-state index contributed by atoms with van der Waals surface area (Å²) in [5, 5.41) is 117. The Bertz CT molecular complexity index is 3110. The summed E-state index contributed by atoms with van der Waals surface area (Å²) in [7, 11) is 1.16. The number of carbonyl (C=O) groups excluding carboxylic acids is 9. The van der Waals surface area contributed by atoms with Crippen molar-refractivity contribution in [3.05, 3.63) is 0 Å². The third-order valence-corrected chi connectivity index (χ3v) is 18.9. The van der Waals surface area contributed by atoms with E-state index < -0.39 is 295 Å². The molecule has 0 aromatic heterocycles. The topological polar surface area (TPSA) is 637 Å². The average molecular weight is 1670 g/mol. The number of thioether (sulfide) groups is 1. The number of nitrogens with one attached hydrogen (secondary N) is 3. The summed E-state index contributed by atoms with van der Waals surface area (Å²) >= 11 is 5.67. The van der Waals surface area contributed by atoms with E-state index in [1.54, 1.807) is 0 Å². The second-order valence-electron chi connectivity index (χ2n) is 26.1. The minimum absolute atomic E-state index is 0.0352. The Morgan fingerprint density at radius 3 is 1.12 bits per heavy atom. The van der Waals surface area contributed by atoms with Crippen molar-refractivity contribution >= 4 is 95.8 Å². The van der Waals surface area contributed by atoms with Crippen molar-refractivity contribution < 1.29 is 209 Å². The summed E-state index contributed by atoms with van der Waals surface area (Å²) in [5.41, 5.74) is 0. The standard InChI is InChI=1S/C65H99N3O43S2/c1-7-40(73)92-14-15-93-41(74)9-11-43(76)97-26-39-36(109-110-64-50(83)48(81)53(56(105-64)59(87)88)103-61-31(66-28(3)70)21-34(107-91-6)37(24-69)99-61)23-33(68-30(5)72)63(101-39)104-54-49(82)51(84)65(106-57(54)60(89)90)111-108-35-22-32(67-29(4)71)62(102-52-47(80)46(79)27(2)98-55(52)58(85)86)100-38(35)25-96-44(77)12-10-42(75)94-16-17-95-45(78)13-20-113-19-8-18-112/h27,31-39,46-57,61-65,69,79-84,112H,7-26H2,1-6H3,(H,66,70)(H,67,71)(H,68,72)(H,85,86)(H,87,88)(H,89,90)/t27?,31-,32?,33-,34-,35-,36?,37?,38-,39?,46?,47?,48?,49?,50?,51?,52+,53+,54+,55?,56?,57?,61?,62-,63-,64?,65?/m0/s1. The van der Waals surface area contributed by atoms with E-state index in [0.29, 0.717) is 11.5 Å². The predicted octanol–water partition coefficient (Wildman–Crippen LogP) is -6.10. The van der Waals surface area contributed by atoms with Crippen LogP contribution >= 0.6 is 24.4 Å². The summed E-state index contributed by atoms with van der Waals surface area (Å²) in [6.07, 6.45) is -49.7. The van der Waals surface area contributed by atoms with E-state index in [-0.39, 0.29) is 45.7 Å². The molecule has 6 rings (SSSR count). The fourth-order valence-electron chi connectivity index (χ4n) is 11.9. The molecule has 6 aliphatic rings. The van der Waals surface area contributed by atoms with Gasteiger partial charge in [0.15, 0.2) is 37.2 Å². The largest absolute Gasteiger partial charge is 0.479 e. The first kappa shape index (κ1) is 95.3. The van der Waals surface area contributed by atoms with E-state index in [9.17, 15) is 109 Å². The number of aliphatic hydroxyl groups is 7. The van der Waals surface area contributed by atoms with Crippen molar-refractivity contribution in [1.82, 2.24) is 16.0 Å². The third-order valence-electron chi connectivity index (χ3n) is 17.5. The molecule has 6 aliphatic heterocycles. The zero-order valence-electron chi connectivity index (χ0n) is 62.0. The summed E-state index contributed by atoms with van der Waals surface area (Å²) < 4.78 is 83.2. The molecule has 113 heavy (non-hydrogen) atoms. The smallest absolute Gasteiger partial charge is 0.335 e. The Hall–Kier alpha value is -6.54. The van der Waals surface area contributed by atoms with Crippen LogP contribution in [0.4, 0.5) is 0 Å². The fourth-order valence-corrected chi connectivity index (χ4v) is 13.2. The number of carboxylic acids is 3. The maximum atomic E-state index is 13.3. The quantitative estimate of drug-likeness (QED) is 0.00674. The van der Waals surface area contributed by atoms with Gasteiger partial charge in [-0.05, 0) is 24.9 Å². The molecule has 0 aromatic carbocycles. The summed E-state index contributed by atoms with van der Waals surface area (Å²) in [6.45, 7) is 2.04. The number of hydrogen-bond acceptors (Lipinski definition) is 42. The Morgan fingerprint density at radius 1 is 0.425 bits per heavy atom. The monoisotopic (exact) mass is 1670 g/mol. The van der Waals surface area contributed by atoms with Gasteiger partial charge in [-0.15, -0.1) is 0 Å². The molecule has 46 nitrogen and oxygen atoms in total. The number of hydrogen-bond donors (Lipinski definition) is 14. The molecule has 27 atom stereocenters. The van der Waals surface area contributed by atoms with E-state index >= 15 is 0 Å². The summed E-state index contributed by atoms with van der Waals surface area (Å²) in [5.74, 6) is -11.0. The van der Waals surface area contributed by atoms with Crippen molar-refractivity contribution in [2.45, 2.75) is 264 Å². The van der Waals surface area contributed by atoms with Gasteiger partial charge in [0.2, 0.25) is 30.3 Å². The highest BCUT2D eigenvalue weighted by Crippen LogP contribution is 2.37. The number of ether oxygens (including phenoxy) is 15. The number of aliphatic carboxylic acids is 3. The molecule has 0 aromatic rings. The predicted molar refractivity (Wildman–Crippen MR) is 364 cm³/mol. The molecule has 17 unspecified atom stereocenters. The van der Waals surface area contributed by atoms with Gasteiger partial charge in [-0.1, -0.05) is 6.92 Å². The van der Waals surface area contributed by atoms with E-state index in [1.807, 2.05) is 0 Å². The molecule has 644 valence electrons. The van der Waals surface area contributed by atoms with E-state index in [4.69, 9.17) is 100 Å². The normalized spacial score (nSPS) is 33.8. The lowest BCUT2D eigenvalue weighted by Gasteiger charge is -2.46. The summed E-state index contributed by atoms with van der Waals surface area (Å²) in [4.78, 5) is 184. The first-order valence-electron chi connectivity index (χ1n) is 35.7. The van der Waals surface area contributed by atoms with E-state index in [1.165, 1.54) is 25.6 Å². The second-order valence-corrected chi connectivity index (χ2v) is 27.8. The van der Waals surface area contributed by atoms with Crippen LogP contribution < -0.4 is 16.0 Å². The van der Waals surface area contributed by atoms with Crippen molar-refractivity contribution in [3.8, 4) is 0 Å². The highest BCUT2D eigenvalue weighted by molar-refractivity contribution is 7.99. The number of rotatable bonds is 44. The van der Waals surface area contributed by atoms with Crippen molar-refractivity contribution in [2.75, 3.05) is 70.6 Å². The molecule has 13 N–H and O–H groups in total. The summed E-state index contributed by atoms with van der Waals surface area (Å²) in [6, 6.07) is -4.24. The Balaban J connectivity index is 1.20. The number of esters is 6. The van der Waals surface area contributed by atoms with Gasteiger partial charge in [0.25, 0.3) is 0 Å². The molecule has 0 aliphatic carbocycles. The molecule has 0 spiro atoms. The van der Waals surface area contributed by atoms with Gasteiger partial charge < -0.3 is 138 Å². The van der Waals surface area contributed by atoms with Crippen LogP contribution in [0.15, 0.2) is 0 Å². The molecule has 6 saturated heterocycles.